The summed E-state index contributed by atoms with van der Waals surface area (Å²) in [6.07, 6.45) is 1.97. The highest BCUT2D eigenvalue weighted by Crippen LogP contribution is 2.54. The average Bonchev–Trinajstić information content (AvgIpc) is 3.13. The SMILES string of the molecule is COc1ccc([C@@H]2C=C3c4ccc(C)cc4OC(=O)[C@@H]3[C@@H]3C(=O)N(c4cccc(Cl)c4)C(=O)[C@H]32)cc1. The van der Waals surface area contributed by atoms with E-state index in [0.717, 1.165) is 22.3 Å². The Morgan fingerprint density at radius 2 is 1.67 bits per heavy atom. The number of halogens is 1. The zero-order valence-electron chi connectivity index (χ0n) is 19.6. The number of ether oxygens (including phenoxy) is 2. The first-order chi connectivity index (χ1) is 17.4. The third-order valence-corrected chi connectivity index (χ3v) is 7.55. The van der Waals surface area contributed by atoms with Crippen LogP contribution in [0.25, 0.3) is 5.57 Å². The van der Waals surface area contributed by atoms with Crippen LogP contribution < -0.4 is 14.4 Å². The van der Waals surface area contributed by atoms with Crippen molar-refractivity contribution in [1.29, 1.82) is 0 Å². The van der Waals surface area contributed by atoms with E-state index in [4.69, 9.17) is 21.1 Å². The molecule has 3 aromatic carbocycles. The van der Waals surface area contributed by atoms with E-state index in [1.165, 1.54) is 4.90 Å². The van der Waals surface area contributed by atoms with Crippen LogP contribution in [0.5, 0.6) is 11.5 Å². The zero-order chi connectivity index (χ0) is 25.1. The molecule has 1 saturated heterocycles. The van der Waals surface area contributed by atoms with Gasteiger partial charge >= 0.3 is 5.97 Å². The molecule has 0 bridgehead atoms. The van der Waals surface area contributed by atoms with E-state index in [0.29, 0.717) is 22.2 Å². The summed E-state index contributed by atoms with van der Waals surface area (Å²) < 4.78 is 11.0. The van der Waals surface area contributed by atoms with Crippen molar-refractivity contribution in [3.8, 4) is 11.5 Å². The monoisotopic (exact) mass is 499 g/mol. The molecule has 36 heavy (non-hydrogen) atoms. The Hall–Kier alpha value is -3.90. The van der Waals surface area contributed by atoms with Crippen LogP contribution in [-0.2, 0) is 14.4 Å². The zero-order valence-corrected chi connectivity index (χ0v) is 20.4. The van der Waals surface area contributed by atoms with Crippen LogP contribution in [0.15, 0.2) is 72.8 Å². The Morgan fingerprint density at radius 3 is 2.39 bits per heavy atom. The molecule has 1 fully saturated rings. The highest BCUT2D eigenvalue weighted by molar-refractivity contribution is 6.31. The Balaban J connectivity index is 1.54. The molecule has 0 N–H and O–H groups in total. The number of fused-ring (bicyclic) bond motifs is 5. The Kier molecular flexibility index (Phi) is 5.23. The lowest BCUT2D eigenvalue weighted by molar-refractivity contribution is -0.142. The number of hydrogen-bond acceptors (Lipinski definition) is 5. The fourth-order valence-electron chi connectivity index (χ4n) is 5.69. The van der Waals surface area contributed by atoms with E-state index in [2.05, 4.69) is 0 Å². The molecule has 1 aliphatic carbocycles. The number of esters is 1. The number of hydrogen-bond donors (Lipinski definition) is 0. The summed E-state index contributed by atoms with van der Waals surface area (Å²) in [5.41, 5.74) is 3.70. The minimum atomic E-state index is -0.898. The number of allylic oxidation sites excluding steroid dienone is 1. The van der Waals surface area contributed by atoms with Gasteiger partial charge in [-0.05, 0) is 60.0 Å². The fourth-order valence-corrected chi connectivity index (χ4v) is 5.87. The Labute approximate surface area is 213 Å². The van der Waals surface area contributed by atoms with Gasteiger partial charge in [-0.2, -0.15) is 0 Å². The molecule has 180 valence electrons. The molecule has 7 heteroatoms. The van der Waals surface area contributed by atoms with Crippen LogP contribution in [-0.4, -0.2) is 24.9 Å². The van der Waals surface area contributed by atoms with Crippen molar-refractivity contribution in [1.82, 2.24) is 0 Å². The molecule has 2 aliphatic heterocycles. The highest BCUT2D eigenvalue weighted by Gasteiger charge is 2.60. The molecule has 2 amide bonds. The van der Waals surface area contributed by atoms with E-state index in [1.54, 1.807) is 31.4 Å². The molecular formula is C29H22ClNO5. The van der Waals surface area contributed by atoms with Crippen LogP contribution in [0, 0.1) is 24.7 Å². The van der Waals surface area contributed by atoms with Gasteiger partial charge in [0.05, 0.1) is 30.6 Å². The molecule has 0 aromatic heterocycles. The van der Waals surface area contributed by atoms with Crippen molar-refractivity contribution in [2.24, 2.45) is 17.8 Å². The maximum atomic E-state index is 13.9. The minimum Gasteiger partial charge on any atom is -0.497 e. The predicted molar refractivity (Wildman–Crippen MR) is 135 cm³/mol. The van der Waals surface area contributed by atoms with Gasteiger partial charge in [-0.15, -0.1) is 0 Å². The summed E-state index contributed by atoms with van der Waals surface area (Å²) in [6.45, 7) is 1.92. The normalized spacial score (nSPS) is 24.5. The number of rotatable bonds is 3. The highest BCUT2D eigenvalue weighted by atomic mass is 35.5. The van der Waals surface area contributed by atoms with Crippen molar-refractivity contribution in [3.05, 3.63) is 94.5 Å². The van der Waals surface area contributed by atoms with Crippen LogP contribution in [0.2, 0.25) is 5.02 Å². The topological polar surface area (TPSA) is 72.9 Å². The van der Waals surface area contributed by atoms with Crippen molar-refractivity contribution < 1.29 is 23.9 Å². The summed E-state index contributed by atoms with van der Waals surface area (Å²) in [7, 11) is 1.59. The molecule has 4 atom stereocenters. The maximum Gasteiger partial charge on any atom is 0.319 e. The summed E-state index contributed by atoms with van der Waals surface area (Å²) in [6, 6.07) is 19.8. The maximum absolute atomic E-state index is 13.9. The molecule has 0 unspecified atom stereocenters. The molecule has 0 radical (unpaired) electrons. The number of amides is 2. The number of imide groups is 1. The Morgan fingerprint density at radius 1 is 0.917 bits per heavy atom. The number of nitrogens with zero attached hydrogens (tertiary/aromatic N) is 1. The minimum absolute atomic E-state index is 0.356. The number of anilines is 1. The van der Waals surface area contributed by atoms with E-state index < -0.39 is 35.5 Å². The predicted octanol–water partition coefficient (Wildman–Crippen LogP) is 5.18. The number of carbonyl (C=O) groups is 3. The number of benzene rings is 3. The van der Waals surface area contributed by atoms with E-state index in [1.807, 2.05) is 55.5 Å². The third kappa shape index (κ3) is 3.36. The van der Waals surface area contributed by atoms with E-state index in [-0.39, 0.29) is 5.91 Å². The number of carbonyl (C=O) groups excluding carboxylic acids is 3. The fraction of sp³-hybridized carbons (Fsp3) is 0.207. The second kappa shape index (κ2) is 8.35. The van der Waals surface area contributed by atoms with Gasteiger partial charge in [-0.1, -0.05) is 48.0 Å². The molecule has 3 aromatic rings. The van der Waals surface area contributed by atoms with Crippen LogP contribution in [0.3, 0.4) is 0 Å². The summed E-state index contributed by atoms with van der Waals surface area (Å²) >= 11 is 6.18. The quantitative estimate of drug-likeness (QED) is 0.282. The summed E-state index contributed by atoms with van der Waals surface area (Å²) in [5.74, 6) is -3.10. The standard InChI is InChI=1S/C29H22ClNO5/c1-15-6-11-20-22-14-21(16-7-9-19(35-2)10-8-16)24-26(25(22)29(34)36-23(20)12-15)28(33)31(27(24)32)18-5-3-4-17(30)13-18/h3-14,21,24-26H,1-2H3/t21-,24-,25-,26+/m0/s1. The van der Waals surface area contributed by atoms with Crippen LogP contribution >= 0.6 is 11.6 Å². The molecule has 0 saturated carbocycles. The lowest BCUT2D eigenvalue weighted by atomic mass is 9.64. The van der Waals surface area contributed by atoms with Gasteiger partial charge in [-0.3, -0.25) is 14.4 Å². The van der Waals surface area contributed by atoms with Crippen molar-refractivity contribution in [3.63, 3.8) is 0 Å². The van der Waals surface area contributed by atoms with Gasteiger partial charge in [-0.25, -0.2) is 4.90 Å². The number of methoxy groups -OCH3 is 1. The average molecular weight is 500 g/mol. The van der Waals surface area contributed by atoms with Gasteiger partial charge in [0.1, 0.15) is 11.5 Å². The molecular weight excluding hydrogens is 478 g/mol. The second-order valence-electron chi connectivity index (χ2n) is 9.36. The molecule has 6 rings (SSSR count). The first kappa shape index (κ1) is 22.6. The molecule has 3 aliphatic rings. The van der Waals surface area contributed by atoms with Gasteiger partial charge in [0.25, 0.3) is 0 Å². The second-order valence-corrected chi connectivity index (χ2v) is 9.80. The van der Waals surface area contributed by atoms with E-state index in [9.17, 15) is 14.4 Å². The van der Waals surface area contributed by atoms with Gasteiger partial charge in [0, 0.05) is 16.5 Å². The number of aryl methyl sites for hydroxylation is 1. The van der Waals surface area contributed by atoms with E-state index >= 15 is 0 Å². The van der Waals surface area contributed by atoms with Gasteiger partial charge in [0.2, 0.25) is 11.8 Å². The molecule has 6 nitrogen and oxygen atoms in total. The van der Waals surface area contributed by atoms with Crippen molar-refractivity contribution in [2.75, 3.05) is 12.0 Å². The molecule has 0 spiro atoms. The molecule has 2 heterocycles. The van der Waals surface area contributed by atoms with Crippen LogP contribution in [0.4, 0.5) is 5.69 Å². The van der Waals surface area contributed by atoms with Crippen molar-refractivity contribution in [2.45, 2.75) is 12.8 Å². The first-order valence-electron chi connectivity index (χ1n) is 11.7. The first-order valence-corrected chi connectivity index (χ1v) is 12.1. The van der Waals surface area contributed by atoms with Crippen molar-refractivity contribution >= 4 is 40.6 Å². The summed E-state index contributed by atoms with van der Waals surface area (Å²) in [4.78, 5) is 42.3. The smallest absolute Gasteiger partial charge is 0.319 e. The summed E-state index contributed by atoms with van der Waals surface area (Å²) in [5, 5.41) is 0.412. The van der Waals surface area contributed by atoms with Crippen LogP contribution in [0.1, 0.15) is 22.6 Å². The van der Waals surface area contributed by atoms with Gasteiger partial charge in [0.15, 0.2) is 0 Å². The Bertz CT molecular complexity index is 1460. The third-order valence-electron chi connectivity index (χ3n) is 7.32. The lowest BCUT2D eigenvalue weighted by Crippen LogP contribution is -2.42. The largest absolute Gasteiger partial charge is 0.497 e. The lowest BCUT2D eigenvalue weighted by Gasteiger charge is -2.38. The van der Waals surface area contributed by atoms with Gasteiger partial charge < -0.3 is 9.47 Å².